The van der Waals surface area contributed by atoms with E-state index in [0.29, 0.717) is 6.61 Å². The van der Waals surface area contributed by atoms with Crippen LogP contribution in [-0.4, -0.2) is 12.6 Å². The van der Waals surface area contributed by atoms with Crippen molar-refractivity contribution in [1.82, 2.24) is 0 Å². The molecule has 166 valence electrons. The first-order valence-corrected chi connectivity index (χ1v) is 12.6. The molecule has 0 unspecified atom stereocenters. The van der Waals surface area contributed by atoms with E-state index in [1.807, 2.05) is 13.0 Å². The molecule has 28 heavy (non-hydrogen) atoms. The SMILES string of the molecule is CCCCCCCCCCCCCCCCCCCCCC=CC(=O)OCC. The zero-order valence-corrected chi connectivity index (χ0v) is 19.3. The van der Waals surface area contributed by atoms with Gasteiger partial charge in [-0.2, -0.15) is 0 Å². The molecule has 0 radical (unpaired) electrons. The number of unbranched alkanes of at least 4 members (excludes halogenated alkanes) is 19. The van der Waals surface area contributed by atoms with Gasteiger partial charge in [0.15, 0.2) is 0 Å². The molecule has 0 rings (SSSR count). The van der Waals surface area contributed by atoms with Crippen molar-refractivity contribution in [3.05, 3.63) is 12.2 Å². The second kappa shape index (κ2) is 24.2. The lowest BCUT2D eigenvalue weighted by Crippen LogP contribution is -1.98. The smallest absolute Gasteiger partial charge is 0.330 e. The van der Waals surface area contributed by atoms with Gasteiger partial charge in [0.05, 0.1) is 6.61 Å². The third-order valence-electron chi connectivity index (χ3n) is 5.51. The van der Waals surface area contributed by atoms with E-state index in [0.717, 1.165) is 6.42 Å². The molecule has 2 heteroatoms. The number of hydrogen-bond donors (Lipinski definition) is 0. The first-order chi connectivity index (χ1) is 13.8. The summed E-state index contributed by atoms with van der Waals surface area (Å²) < 4.78 is 4.86. The number of carbonyl (C=O) groups is 1. The Morgan fingerprint density at radius 2 is 0.929 bits per heavy atom. The highest BCUT2D eigenvalue weighted by atomic mass is 16.5. The number of carbonyl (C=O) groups excluding carboxylic acids is 1. The third-order valence-corrected chi connectivity index (χ3v) is 5.51. The van der Waals surface area contributed by atoms with Crippen LogP contribution in [0.1, 0.15) is 142 Å². The average Bonchev–Trinajstić information content (AvgIpc) is 2.69. The zero-order chi connectivity index (χ0) is 20.5. The lowest BCUT2D eigenvalue weighted by Gasteiger charge is -2.03. The minimum Gasteiger partial charge on any atom is -0.463 e. The van der Waals surface area contributed by atoms with E-state index in [9.17, 15) is 4.79 Å². The fraction of sp³-hybridized carbons (Fsp3) is 0.885. The highest BCUT2D eigenvalue weighted by Crippen LogP contribution is 2.14. The van der Waals surface area contributed by atoms with Crippen molar-refractivity contribution in [2.24, 2.45) is 0 Å². The summed E-state index contributed by atoms with van der Waals surface area (Å²) >= 11 is 0. The molecular formula is C26H50O2. The van der Waals surface area contributed by atoms with Crippen molar-refractivity contribution in [2.75, 3.05) is 6.61 Å². The van der Waals surface area contributed by atoms with Crippen LogP contribution in [0, 0.1) is 0 Å². The highest BCUT2D eigenvalue weighted by Gasteiger charge is 1.96. The normalized spacial score (nSPS) is 11.4. The molecule has 0 spiro atoms. The highest BCUT2D eigenvalue weighted by molar-refractivity contribution is 5.81. The summed E-state index contributed by atoms with van der Waals surface area (Å²) in [5.41, 5.74) is 0. The maximum absolute atomic E-state index is 11.1. The van der Waals surface area contributed by atoms with Crippen LogP contribution >= 0.6 is 0 Å². The van der Waals surface area contributed by atoms with Crippen molar-refractivity contribution in [3.63, 3.8) is 0 Å². The van der Waals surface area contributed by atoms with Crippen LogP contribution in [0.15, 0.2) is 12.2 Å². The van der Waals surface area contributed by atoms with E-state index >= 15 is 0 Å². The third kappa shape index (κ3) is 23.2. The van der Waals surface area contributed by atoms with Crippen LogP contribution in [-0.2, 0) is 9.53 Å². The molecule has 0 aromatic heterocycles. The average molecular weight is 395 g/mol. The fourth-order valence-electron chi connectivity index (χ4n) is 3.71. The largest absolute Gasteiger partial charge is 0.463 e. The van der Waals surface area contributed by atoms with Crippen LogP contribution in [0.3, 0.4) is 0 Å². The van der Waals surface area contributed by atoms with Gasteiger partial charge in [0.2, 0.25) is 0 Å². The Morgan fingerprint density at radius 1 is 0.571 bits per heavy atom. The number of rotatable bonds is 22. The summed E-state index contributed by atoms with van der Waals surface area (Å²) in [6.07, 6.45) is 31.3. The maximum atomic E-state index is 11.1. The molecule has 0 amide bonds. The van der Waals surface area contributed by atoms with Crippen molar-refractivity contribution >= 4 is 5.97 Å². The van der Waals surface area contributed by atoms with E-state index in [4.69, 9.17) is 4.74 Å². The van der Waals surface area contributed by atoms with Gasteiger partial charge in [0, 0.05) is 6.08 Å². The molecule has 0 aromatic rings. The van der Waals surface area contributed by atoms with Gasteiger partial charge in [-0.25, -0.2) is 4.79 Å². The topological polar surface area (TPSA) is 26.3 Å². The van der Waals surface area contributed by atoms with Gasteiger partial charge in [-0.05, 0) is 19.8 Å². The lowest BCUT2D eigenvalue weighted by molar-refractivity contribution is -0.137. The first-order valence-electron chi connectivity index (χ1n) is 12.6. The van der Waals surface area contributed by atoms with E-state index in [2.05, 4.69) is 6.92 Å². The molecule has 0 saturated heterocycles. The summed E-state index contributed by atoms with van der Waals surface area (Å²) in [5.74, 6) is -0.208. The number of hydrogen-bond acceptors (Lipinski definition) is 2. The van der Waals surface area contributed by atoms with E-state index in [1.54, 1.807) is 6.08 Å². The molecule has 2 nitrogen and oxygen atoms in total. The van der Waals surface area contributed by atoms with Gasteiger partial charge in [0.25, 0.3) is 0 Å². The van der Waals surface area contributed by atoms with E-state index < -0.39 is 0 Å². The number of allylic oxidation sites excluding steroid dienone is 1. The van der Waals surface area contributed by atoms with Crippen molar-refractivity contribution in [1.29, 1.82) is 0 Å². The second-order valence-corrected chi connectivity index (χ2v) is 8.31. The van der Waals surface area contributed by atoms with Crippen molar-refractivity contribution in [3.8, 4) is 0 Å². The molecule has 0 saturated carbocycles. The molecule has 0 aliphatic heterocycles. The summed E-state index contributed by atoms with van der Waals surface area (Å²) in [5, 5.41) is 0. The Kier molecular flexibility index (Phi) is 23.6. The lowest BCUT2D eigenvalue weighted by atomic mass is 10.0. The fourth-order valence-corrected chi connectivity index (χ4v) is 3.71. The molecule has 0 aromatic carbocycles. The molecule has 0 aliphatic rings. The molecular weight excluding hydrogens is 344 g/mol. The van der Waals surface area contributed by atoms with E-state index in [1.165, 1.54) is 122 Å². The van der Waals surface area contributed by atoms with Crippen LogP contribution in [0.4, 0.5) is 0 Å². The van der Waals surface area contributed by atoms with Gasteiger partial charge >= 0.3 is 5.97 Å². The molecule has 0 heterocycles. The maximum Gasteiger partial charge on any atom is 0.330 e. The van der Waals surface area contributed by atoms with Crippen molar-refractivity contribution in [2.45, 2.75) is 142 Å². The molecule has 0 bridgehead atoms. The van der Waals surface area contributed by atoms with Crippen LogP contribution in [0.2, 0.25) is 0 Å². The Labute approximate surface area is 176 Å². The Bertz CT molecular complexity index is 335. The predicted molar refractivity (Wildman–Crippen MR) is 124 cm³/mol. The summed E-state index contributed by atoms with van der Waals surface area (Å²) in [6.45, 7) is 4.59. The van der Waals surface area contributed by atoms with Crippen LogP contribution in [0.5, 0.6) is 0 Å². The molecule has 0 N–H and O–H groups in total. The monoisotopic (exact) mass is 394 g/mol. The summed E-state index contributed by atoms with van der Waals surface area (Å²) in [6, 6.07) is 0. The van der Waals surface area contributed by atoms with Crippen LogP contribution in [0.25, 0.3) is 0 Å². The zero-order valence-electron chi connectivity index (χ0n) is 19.3. The standard InChI is InChI=1S/C26H50O2/c1-3-5-6-7-8-9-10-11-12-13-14-15-16-17-18-19-20-21-22-23-24-25-26(27)28-4-2/h24-25H,3-23H2,1-2H3. The van der Waals surface area contributed by atoms with Gasteiger partial charge in [-0.3, -0.25) is 0 Å². The van der Waals surface area contributed by atoms with Gasteiger partial charge in [-0.1, -0.05) is 129 Å². The quantitative estimate of drug-likeness (QED) is 0.104. The van der Waals surface area contributed by atoms with Crippen LogP contribution < -0.4 is 0 Å². The Hall–Kier alpha value is -0.790. The number of ether oxygens (including phenoxy) is 1. The van der Waals surface area contributed by atoms with Gasteiger partial charge in [-0.15, -0.1) is 0 Å². The molecule has 0 fully saturated rings. The van der Waals surface area contributed by atoms with Gasteiger partial charge < -0.3 is 4.74 Å². The minimum absolute atomic E-state index is 0.208. The Morgan fingerprint density at radius 3 is 1.29 bits per heavy atom. The predicted octanol–water partition coefficient (Wildman–Crippen LogP) is 8.93. The summed E-state index contributed by atoms with van der Waals surface area (Å²) in [7, 11) is 0. The van der Waals surface area contributed by atoms with Gasteiger partial charge in [0.1, 0.15) is 0 Å². The minimum atomic E-state index is -0.208. The summed E-state index contributed by atoms with van der Waals surface area (Å²) in [4.78, 5) is 11.1. The number of esters is 1. The first kappa shape index (κ1) is 27.2. The van der Waals surface area contributed by atoms with Crippen molar-refractivity contribution < 1.29 is 9.53 Å². The molecule has 0 aliphatic carbocycles. The van der Waals surface area contributed by atoms with E-state index in [-0.39, 0.29) is 5.97 Å². The molecule has 0 atom stereocenters. The Balaban J connectivity index is 3.08. The second-order valence-electron chi connectivity index (χ2n) is 8.31.